The summed E-state index contributed by atoms with van der Waals surface area (Å²) in [7, 11) is 0. The number of hydroxylamine groups is 2. The first-order valence-corrected chi connectivity index (χ1v) is 2.38. The number of nitrogens with zero attached hydrogens (tertiary/aromatic N) is 1. The number of nitrogens with one attached hydrogen (secondary N) is 1. The molecule has 0 aromatic rings. The maximum Gasteiger partial charge on any atom is 0.212 e. The van der Waals surface area contributed by atoms with E-state index in [-0.39, 0.29) is 12.0 Å². The van der Waals surface area contributed by atoms with Crippen molar-refractivity contribution >= 4 is 5.96 Å². The van der Waals surface area contributed by atoms with Crippen molar-refractivity contribution in [2.75, 3.05) is 0 Å². The molecule has 48 valence electrons. The predicted octanol–water partition coefficient (Wildman–Crippen LogP) is -0.0205. The van der Waals surface area contributed by atoms with E-state index in [0.29, 0.717) is 5.06 Å². The molecule has 0 saturated carbocycles. The second-order valence-corrected chi connectivity index (χ2v) is 1.82. The first-order chi connectivity index (χ1) is 3.55. The first kappa shape index (κ1) is 7.23. The third kappa shape index (κ3) is 1.79. The van der Waals surface area contributed by atoms with Crippen LogP contribution in [0.5, 0.6) is 0 Å². The minimum absolute atomic E-state index is 0.118. The molecule has 4 N–H and O–H groups in total. The summed E-state index contributed by atoms with van der Waals surface area (Å²) in [5.74, 6) is -0.319. The summed E-state index contributed by atoms with van der Waals surface area (Å²) >= 11 is 0. The lowest BCUT2D eigenvalue weighted by Gasteiger charge is -2.17. The van der Waals surface area contributed by atoms with Gasteiger partial charge in [0.25, 0.3) is 0 Å². The zero-order valence-corrected chi connectivity index (χ0v) is 5.05. The monoisotopic (exact) mass is 117 g/mol. The number of nitrogens with two attached hydrogens (primary N) is 1. The van der Waals surface area contributed by atoms with Crippen molar-refractivity contribution in [2.24, 2.45) is 5.73 Å². The molecule has 0 fully saturated rings. The molecule has 0 heterocycles. The zero-order chi connectivity index (χ0) is 6.73. The Bertz CT molecular complexity index is 91.3. The van der Waals surface area contributed by atoms with E-state index in [0.717, 1.165) is 0 Å². The minimum atomic E-state index is -0.319. The highest BCUT2D eigenvalue weighted by Crippen LogP contribution is 1.88. The van der Waals surface area contributed by atoms with E-state index >= 15 is 0 Å². The van der Waals surface area contributed by atoms with Gasteiger partial charge in [0.1, 0.15) is 0 Å². The third-order valence-electron chi connectivity index (χ3n) is 0.736. The van der Waals surface area contributed by atoms with Crippen LogP contribution in [-0.2, 0) is 0 Å². The summed E-state index contributed by atoms with van der Waals surface area (Å²) in [5, 5.41) is 16.1. The molecule has 4 heteroatoms. The van der Waals surface area contributed by atoms with Gasteiger partial charge in [-0.1, -0.05) is 0 Å². The first-order valence-electron chi connectivity index (χ1n) is 2.38. The van der Waals surface area contributed by atoms with E-state index in [9.17, 15) is 0 Å². The van der Waals surface area contributed by atoms with Crippen LogP contribution >= 0.6 is 0 Å². The van der Waals surface area contributed by atoms with Gasteiger partial charge in [-0.05, 0) is 13.8 Å². The Morgan fingerprint density at radius 3 is 2.12 bits per heavy atom. The highest BCUT2D eigenvalue weighted by Gasteiger charge is 2.04. The molecule has 0 aliphatic carbocycles. The van der Waals surface area contributed by atoms with E-state index in [2.05, 4.69) is 0 Å². The SMILES string of the molecule is CC(C)N(O)C(=N)N. The van der Waals surface area contributed by atoms with E-state index in [1.54, 1.807) is 13.8 Å². The second kappa shape index (κ2) is 2.52. The molecular weight excluding hydrogens is 106 g/mol. The molecule has 0 amide bonds. The maximum absolute atomic E-state index is 8.69. The van der Waals surface area contributed by atoms with Gasteiger partial charge < -0.3 is 5.73 Å². The fourth-order valence-electron chi connectivity index (χ4n) is 0.278. The molecule has 0 unspecified atom stereocenters. The van der Waals surface area contributed by atoms with Crippen LogP contribution in [-0.4, -0.2) is 22.3 Å². The predicted molar refractivity (Wildman–Crippen MR) is 30.7 cm³/mol. The van der Waals surface area contributed by atoms with E-state index in [1.807, 2.05) is 0 Å². The van der Waals surface area contributed by atoms with Crippen molar-refractivity contribution in [1.29, 1.82) is 5.41 Å². The van der Waals surface area contributed by atoms with Gasteiger partial charge in [0, 0.05) is 0 Å². The van der Waals surface area contributed by atoms with E-state index in [1.165, 1.54) is 0 Å². The largest absolute Gasteiger partial charge is 0.368 e. The highest BCUT2D eigenvalue weighted by atomic mass is 16.5. The lowest BCUT2D eigenvalue weighted by molar-refractivity contribution is -0.0443. The van der Waals surface area contributed by atoms with Gasteiger partial charge in [-0.2, -0.15) is 0 Å². The summed E-state index contributed by atoms with van der Waals surface area (Å²) in [6.45, 7) is 3.48. The molecule has 0 aromatic carbocycles. The lowest BCUT2D eigenvalue weighted by atomic mass is 10.4. The quantitative estimate of drug-likeness (QED) is 0.257. The van der Waals surface area contributed by atoms with Crippen molar-refractivity contribution < 1.29 is 5.21 Å². The van der Waals surface area contributed by atoms with Crippen molar-refractivity contribution in [3.05, 3.63) is 0 Å². The van der Waals surface area contributed by atoms with Crippen molar-refractivity contribution in [3.63, 3.8) is 0 Å². The van der Waals surface area contributed by atoms with Crippen LogP contribution in [0.2, 0.25) is 0 Å². The Hall–Kier alpha value is -0.770. The van der Waals surface area contributed by atoms with Crippen LogP contribution in [0.25, 0.3) is 0 Å². The topological polar surface area (TPSA) is 73.3 Å². The Labute approximate surface area is 48.4 Å². The second-order valence-electron chi connectivity index (χ2n) is 1.82. The standard InChI is InChI=1S/C4H11N3O/c1-3(2)7(8)4(5)6/h3,8H,1-2H3,(H3,5,6). The molecule has 0 radical (unpaired) electrons. The van der Waals surface area contributed by atoms with Gasteiger partial charge in [0.2, 0.25) is 5.96 Å². The summed E-state index contributed by atoms with van der Waals surface area (Å²) in [5.41, 5.74) is 4.90. The average Bonchev–Trinajstić information content (AvgIpc) is 1.64. The molecular formula is C4H11N3O. The number of rotatable bonds is 1. The third-order valence-corrected chi connectivity index (χ3v) is 0.736. The molecule has 8 heavy (non-hydrogen) atoms. The van der Waals surface area contributed by atoms with Gasteiger partial charge >= 0.3 is 0 Å². The van der Waals surface area contributed by atoms with Crippen LogP contribution in [0.4, 0.5) is 0 Å². The fourth-order valence-corrected chi connectivity index (χ4v) is 0.278. The zero-order valence-electron chi connectivity index (χ0n) is 5.05. The van der Waals surface area contributed by atoms with Crippen molar-refractivity contribution in [1.82, 2.24) is 5.06 Å². The van der Waals surface area contributed by atoms with Gasteiger partial charge in [0.05, 0.1) is 6.04 Å². The smallest absolute Gasteiger partial charge is 0.212 e. The molecule has 0 aliphatic rings. The molecule has 0 aliphatic heterocycles. The highest BCUT2D eigenvalue weighted by molar-refractivity contribution is 5.73. The Balaban J connectivity index is 3.64. The summed E-state index contributed by atoms with van der Waals surface area (Å²) in [6, 6.07) is -0.118. The van der Waals surface area contributed by atoms with Gasteiger partial charge in [-0.3, -0.25) is 10.6 Å². The van der Waals surface area contributed by atoms with Crippen LogP contribution in [0, 0.1) is 5.41 Å². The lowest BCUT2D eigenvalue weighted by Crippen LogP contribution is -2.38. The molecule has 0 atom stereocenters. The maximum atomic E-state index is 8.69. The summed E-state index contributed by atoms with van der Waals surface area (Å²) in [4.78, 5) is 0. The summed E-state index contributed by atoms with van der Waals surface area (Å²) < 4.78 is 0. The van der Waals surface area contributed by atoms with Gasteiger partial charge in [-0.15, -0.1) is 0 Å². The van der Waals surface area contributed by atoms with Crippen molar-refractivity contribution in [3.8, 4) is 0 Å². The molecule has 0 bridgehead atoms. The Morgan fingerprint density at radius 2 is 2.12 bits per heavy atom. The molecule has 0 rings (SSSR count). The Kier molecular flexibility index (Phi) is 2.27. The normalized spacial score (nSPS) is 9.50. The average molecular weight is 117 g/mol. The number of hydrogen-bond donors (Lipinski definition) is 3. The van der Waals surface area contributed by atoms with Crippen LogP contribution < -0.4 is 5.73 Å². The molecule has 0 spiro atoms. The van der Waals surface area contributed by atoms with Gasteiger partial charge in [0.15, 0.2) is 0 Å². The van der Waals surface area contributed by atoms with Crippen LogP contribution in [0.15, 0.2) is 0 Å². The molecule has 0 aromatic heterocycles. The van der Waals surface area contributed by atoms with E-state index in [4.69, 9.17) is 16.4 Å². The Morgan fingerprint density at radius 1 is 1.75 bits per heavy atom. The van der Waals surface area contributed by atoms with Gasteiger partial charge in [-0.25, -0.2) is 5.06 Å². The van der Waals surface area contributed by atoms with E-state index < -0.39 is 0 Å². The van der Waals surface area contributed by atoms with Crippen LogP contribution in [0.1, 0.15) is 13.8 Å². The fraction of sp³-hybridized carbons (Fsp3) is 0.750. The summed E-state index contributed by atoms with van der Waals surface area (Å²) in [6.07, 6.45) is 0. The minimum Gasteiger partial charge on any atom is -0.368 e. The number of guanidine groups is 1. The van der Waals surface area contributed by atoms with Crippen LogP contribution in [0.3, 0.4) is 0 Å². The molecule has 0 saturated heterocycles. The molecule has 4 nitrogen and oxygen atoms in total. The number of hydrogen-bond acceptors (Lipinski definition) is 2. The van der Waals surface area contributed by atoms with Crippen molar-refractivity contribution in [2.45, 2.75) is 19.9 Å².